The van der Waals surface area contributed by atoms with E-state index in [9.17, 15) is 13.2 Å². The van der Waals surface area contributed by atoms with E-state index in [-0.39, 0.29) is 35.2 Å². The molecule has 2 unspecified atom stereocenters. The van der Waals surface area contributed by atoms with Crippen LogP contribution in [0.2, 0.25) is 5.02 Å². The molecule has 1 amide bonds. The number of hydrogen-bond donors (Lipinski definition) is 1. The van der Waals surface area contributed by atoms with E-state index in [1.165, 1.54) is 17.3 Å². The number of anilines is 2. The van der Waals surface area contributed by atoms with E-state index in [2.05, 4.69) is 10.3 Å². The highest BCUT2D eigenvalue weighted by molar-refractivity contribution is 8.14. The summed E-state index contributed by atoms with van der Waals surface area (Å²) in [6.45, 7) is 4.07. The third-order valence-corrected chi connectivity index (χ3v) is 8.22. The number of hydrogen-bond acceptors (Lipinski definition) is 6. The summed E-state index contributed by atoms with van der Waals surface area (Å²) >= 11 is 7.29. The lowest BCUT2D eigenvalue weighted by molar-refractivity contribution is -0.113. The Labute approximate surface area is 185 Å². The number of aliphatic imine (C=N–C) groups is 1. The lowest BCUT2D eigenvalue weighted by atomic mass is 10.1. The minimum atomic E-state index is -3.11. The fourth-order valence-corrected chi connectivity index (χ4v) is 6.66. The van der Waals surface area contributed by atoms with Crippen LogP contribution in [0.3, 0.4) is 0 Å². The van der Waals surface area contributed by atoms with Crippen LogP contribution in [0.4, 0.5) is 11.4 Å². The molecule has 1 fully saturated rings. The molecule has 0 spiro atoms. The van der Waals surface area contributed by atoms with Crippen LogP contribution in [-0.2, 0) is 14.6 Å². The number of nitrogens with one attached hydrogen (secondary N) is 1. The molecule has 2 aromatic rings. The van der Waals surface area contributed by atoms with Crippen molar-refractivity contribution in [3.63, 3.8) is 0 Å². The monoisotopic (exact) mass is 463 g/mol. The van der Waals surface area contributed by atoms with Gasteiger partial charge in [-0.15, -0.1) is 0 Å². The molecule has 0 aromatic heterocycles. The molecule has 1 saturated heterocycles. The summed E-state index contributed by atoms with van der Waals surface area (Å²) < 4.78 is 24.3. The van der Waals surface area contributed by atoms with E-state index in [0.717, 1.165) is 11.3 Å². The normalized spacial score (nSPS) is 22.0. The number of aryl methyl sites for hydroxylation is 2. The van der Waals surface area contributed by atoms with Gasteiger partial charge in [-0.25, -0.2) is 8.42 Å². The fraction of sp³-hybridized carbons (Fsp3) is 0.333. The molecular weight excluding hydrogens is 442 g/mol. The molecule has 0 saturated carbocycles. The summed E-state index contributed by atoms with van der Waals surface area (Å²) in [5, 5.41) is 4.06. The number of rotatable bonds is 4. The van der Waals surface area contributed by atoms with E-state index in [1.807, 2.05) is 36.9 Å². The Morgan fingerprint density at radius 1 is 1.20 bits per heavy atom. The largest absolute Gasteiger partial charge is 0.325 e. The van der Waals surface area contributed by atoms with E-state index in [4.69, 9.17) is 11.6 Å². The summed E-state index contributed by atoms with van der Waals surface area (Å²) in [5.74, 6) is 0.124. The van der Waals surface area contributed by atoms with Crippen LogP contribution >= 0.6 is 23.4 Å². The summed E-state index contributed by atoms with van der Waals surface area (Å²) in [4.78, 5) is 19.1. The van der Waals surface area contributed by atoms with Crippen LogP contribution < -0.4 is 10.2 Å². The Kier molecular flexibility index (Phi) is 5.83. The number of benzene rings is 2. The van der Waals surface area contributed by atoms with Crippen molar-refractivity contribution < 1.29 is 13.2 Å². The predicted octanol–water partition coefficient (Wildman–Crippen LogP) is 3.67. The Bertz CT molecular complexity index is 1130. The molecule has 0 aliphatic carbocycles. The van der Waals surface area contributed by atoms with Crippen LogP contribution in [-0.4, -0.2) is 48.8 Å². The minimum Gasteiger partial charge on any atom is -0.325 e. The zero-order valence-electron chi connectivity index (χ0n) is 16.6. The number of sulfone groups is 1. The van der Waals surface area contributed by atoms with E-state index in [1.54, 1.807) is 24.3 Å². The standard InChI is InChI=1S/C21H22ClN3O3S2/c1-13-6-7-17(8-14(13)2)25-19-12-30(27,28)11-18(19)24-21(25)29-10-20(26)23-16-5-3-4-15(22)9-16/h3-9,18-19H,10-12H2,1-2H3,(H,23,26). The zero-order valence-corrected chi connectivity index (χ0v) is 19.0. The van der Waals surface area contributed by atoms with Gasteiger partial charge in [-0.1, -0.05) is 35.5 Å². The van der Waals surface area contributed by atoms with Crippen LogP contribution in [0.1, 0.15) is 11.1 Å². The molecule has 2 atom stereocenters. The first-order valence-corrected chi connectivity index (χ1v) is 12.7. The van der Waals surface area contributed by atoms with E-state index >= 15 is 0 Å². The summed E-state index contributed by atoms with van der Waals surface area (Å²) in [6.07, 6.45) is 0. The smallest absolute Gasteiger partial charge is 0.234 e. The maximum Gasteiger partial charge on any atom is 0.234 e. The molecule has 2 aliphatic heterocycles. The maximum atomic E-state index is 12.4. The topological polar surface area (TPSA) is 78.8 Å². The number of halogens is 1. The number of nitrogens with zero attached hydrogens (tertiary/aromatic N) is 2. The number of thioether (sulfide) groups is 1. The van der Waals surface area contributed by atoms with Crippen molar-refractivity contribution in [3.8, 4) is 0 Å². The predicted molar refractivity (Wildman–Crippen MR) is 125 cm³/mol. The molecule has 6 nitrogen and oxygen atoms in total. The molecular formula is C21H22ClN3O3S2. The van der Waals surface area contributed by atoms with Crippen molar-refractivity contribution in [2.75, 3.05) is 27.5 Å². The highest BCUT2D eigenvalue weighted by atomic mass is 35.5. The van der Waals surface area contributed by atoms with Crippen LogP contribution in [0, 0.1) is 13.8 Å². The van der Waals surface area contributed by atoms with Gasteiger partial charge < -0.3 is 10.2 Å². The van der Waals surface area contributed by atoms with Gasteiger partial charge in [0.2, 0.25) is 5.91 Å². The molecule has 4 rings (SSSR count). The van der Waals surface area contributed by atoms with Crippen molar-refractivity contribution in [2.45, 2.75) is 25.9 Å². The van der Waals surface area contributed by atoms with E-state index in [0.29, 0.717) is 15.9 Å². The van der Waals surface area contributed by atoms with Gasteiger partial charge in [0.25, 0.3) is 0 Å². The first-order valence-electron chi connectivity index (χ1n) is 9.55. The van der Waals surface area contributed by atoms with Crippen molar-refractivity contribution in [1.29, 1.82) is 0 Å². The number of carbonyl (C=O) groups excluding carboxylic acids is 1. The average molecular weight is 464 g/mol. The molecule has 2 aromatic carbocycles. The first-order chi connectivity index (χ1) is 14.2. The molecule has 2 heterocycles. The van der Waals surface area contributed by atoms with Gasteiger partial charge in [0.05, 0.1) is 29.3 Å². The molecule has 2 aliphatic rings. The van der Waals surface area contributed by atoms with Crippen molar-refractivity contribution in [1.82, 2.24) is 0 Å². The summed E-state index contributed by atoms with van der Waals surface area (Å²) in [6, 6.07) is 12.5. The van der Waals surface area contributed by atoms with Crippen LogP contribution in [0.5, 0.6) is 0 Å². The Morgan fingerprint density at radius 2 is 2.00 bits per heavy atom. The van der Waals surface area contributed by atoms with Crippen LogP contribution in [0.25, 0.3) is 0 Å². The van der Waals surface area contributed by atoms with Crippen molar-refractivity contribution >= 4 is 55.6 Å². The third kappa shape index (κ3) is 4.50. The number of amidine groups is 1. The molecule has 0 radical (unpaired) electrons. The number of fused-ring (bicyclic) bond motifs is 1. The zero-order chi connectivity index (χ0) is 21.5. The van der Waals surface area contributed by atoms with Gasteiger partial charge >= 0.3 is 0 Å². The van der Waals surface area contributed by atoms with Crippen molar-refractivity contribution in [2.24, 2.45) is 4.99 Å². The van der Waals surface area contributed by atoms with Gasteiger partial charge in [-0.2, -0.15) is 0 Å². The lowest BCUT2D eigenvalue weighted by Gasteiger charge is -2.27. The number of amides is 1. The molecule has 0 bridgehead atoms. The van der Waals surface area contributed by atoms with Crippen LogP contribution in [0.15, 0.2) is 47.5 Å². The van der Waals surface area contributed by atoms with Gasteiger partial charge in [0.1, 0.15) is 0 Å². The SMILES string of the molecule is Cc1ccc(N2C(SCC(=O)Nc3cccc(Cl)c3)=NC3CS(=O)(=O)CC32)cc1C. The highest BCUT2D eigenvalue weighted by Crippen LogP contribution is 2.35. The summed E-state index contributed by atoms with van der Waals surface area (Å²) in [7, 11) is -3.11. The average Bonchev–Trinajstić information content (AvgIpc) is 3.13. The number of carbonyl (C=O) groups is 1. The highest BCUT2D eigenvalue weighted by Gasteiger charge is 2.47. The van der Waals surface area contributed by atoms with Gasteiger partial charge in [0.15, 0.2) is 15.0 Å². The Morgan fingerprint density at radius 3 is 2.73 bits per heavy atom. The van der Waals surface area contributed by atoms with Gasteiger partial charge in [-0.05, 0) is 55.3 Å². The fourth-order valence-electron chi connectivity index (χ4n) is 3.70. The lowest BCUT2D eigenvalue weighted by Crippen LogP contribution is -2.39. The molecule has 158 valence electrons. The van der Waals surface area contributed by atoms with Gasteiger partial charge in [-0.3, -0.25) is 9.79 Å². The second kappa shape index (κ2) is 8.24. The Balaban J connectivity index is 1.52. The maximum absolute atomic E-state index is 12.4. The second-order valence-electron chi connectivity index (χ2n) is 7.61. The molecule has 30 heavy (non-hydrogen) atoms. The third-order valence-electron chi connectivity index (χ3n) is 5.32. The second-order valence-corrected chi connectivity index (χ2v) is 11.1. The summed E-state index contributed by atoms with van der Waals surface area (Å²) in [5.41, 5.74) is 3.83. The van der Waals surface area contributed by atoms with Crippen molar-refractivity contribution in [3.05, 3.63) is 58.6 Å². The molecule has 9 heteroatoms. The van der Waals surface area contributed by atoms with E-state index < -0.39 is 9.84 Å². The Hall–Kier alpha value is -2.03. The minimum absolute atomic E-state index is 0.0534. The quantitative estimate of drug-likeness (QED) is 0.748. The van der Waals surface area contributed by atoms with Gasteiger partial charge in [0, 0.05) is 16.4 Å². The molecule has 1 N–H and O–H groups in total. The first kappa shape index (κ1) is 21.2.